The van der Waals surface area contributed by atoms with E-state index >= 15 is 0 Å². The second kappa shape index (κ2) is 4.43. The highest BCUT2D eigenvalue weighted by molar-refractivity contribution is 7.11. The van der Waals surface area contributed by atoms with Crippen LogP contribution < -0.4 is 0 Å². The van der Waals surface area contributed by atoms with Crippen LogP contribution in [0.5, 0.6) is 0 Å². The van der Waals surface area contributed by atoms with Gasteiger partial charge in [0, 0.05) is 5.38 Å². The molecule has 2 atom stereocenters. The topological polar surface area (TPSA) is 90.7 Å². The number of nitrogens with zero attached hydrogens (tertiary/aromatic N) is 1. The SMILES string of the molecule is O=Cc1nc(C(O)C(O)CO)cs1. The molecule has 0 saturated heterocycles. The summed E-state index contributed by atoms with van der Waals surface area (Å²) in [4.78, 5) is 14.0. The van der Waals surface area contributed by atoms with Crippen LogP contribution in [0.1, 0.15) is 21.6 Å². The van der Waals surface area contributed by atoms with Gasteiger partial charge in [0.1, 0.15) is 12.2 Å². The van der Waals surface area contributed by atoms with Crippen LogP contribution in [0.2, 0.25) is 0 Å². The van der Waals surface area contributed by atoms with Crippen molar-refractivity contribution in [2.24, 2.45) is 0 Å². The Balaban J connectivity index is 2.76. The molecule has 6 heteroatoms. The van der Waals surface area contributed by atoms with Gasteiger partial charge in [-0.1, -0.05) is 0 Å². The van der Waals surface area contributed by atoms with E-state index in [4.69, 9.17) is 10.2 Å². The van der Waals surface area contributed by atoms with Crippen LogP contribution in [0.25, 0.3) is 0 Å². The Morgan fingerprint density at radius 2 is 2.31 bits per heavy atom. The van der Waals surface area contributed by atoms with Crippen molar-refractivity contribution in [3.63, 3.8) is 0 Å². The van der Waals surface area contributed by atoms with Crippen molar-refractivity contribution in [1.82, 2.24) is 4.98 Å². The largest absolute Gasteiger partial charge is 0.394 e. The Hall–Kier alpha value is -0.820. The molecule has 1 heterocycles. The molecular formula is C7H9NO4S. The zero-order valence-electron chi connectivity index (χ0n) is 6.62. The minimum Gasteiger partial charge on any atom is -0.394 e. The van der Waals surface area contributed by atoms with Gasteiger partial charge in [-0.15, -0.1) is 11.3 Å². The van der Waals surface area contributed by atoms with Crippen molar-refractivity contribution < 1.29 is 20.1 Å². The number of hydrogen-bond donors (Lipinski definition) is 3. The molecule has 72 valence electrons. The number of carbonyl (C=O) groups excluding carboxylic acids is 1. The van der Waals surface area contributed by atoms with E-state index in [9.17, 15) is 9.90 Å². The first-order chi connectivity index (χ1) is 6.19. The lowest BCUT2D eigenvalue weighted by Crippen LogP contribution is -2.22. The molecule has 1 aromatic heterocycles. The predicted octanol–water partition coefficient (Wildman–Crippen LogP) is -0.658. The minimum atomic E-state index is -1.26. The first-order valence-electron chi connectivity index (χ1n) is 3.56. The van der Waals surface area contributed by atoms with E-state index in [-0.39, 0.29) is 10.7 Å². The van der Waals surface area contributed by atoms with Crippen molar-refractivity contribution in [2.75, 3.05) is 6.61 Å². The van der Waals surface area contributed by atoms with E-state index in [1.165, 1.54) is 5.38 Å². The summed E-state index contributed by atoms with van der Waals surface area (Å²) >= 11 is 1.07. The van der Waals surface area contributed by atoms with Gasteiger partial charge >= 0.3 is 0 Å². The fourth-order valence-electron chi connectivity index (χ4n) is 0.788. The number of aliphatic hydroxyl groups is 3. The molecule has 0 amide bonds. The average molecular weight is 203 g/mol. The summed E-state index contributed by atoms with van der Waals surface area (Å²) in [6.45, 7) is -0.547. The molecule has 0 radical (unpaired) electrons. The second-order valence-corrected chi connectivity index (χ2v) is 3.31. The van der Waals surface area contributed by atoms with Gasteiger partial charge in [0.15, 0.2) is 11.3 Å². The van der Waals surface area contributed by atoms with Crippen LogP contribution in [-0.2, 0) is 0 Å². The Morgan fingerprint density at radius 1 is 1.62 bits per heavy atom. The zero-order chi connectivity index (χ0) is 9.84. The summed E-state index contributed by atoms with van der Waals surface area (Å²) in [5, 5.41) is 28.6. The highest BCUT2D eigenvalue weighted by atomic mass is 32.1. The Bertz CT molecular complexity index is 288. The number of hydrogen-bond acceptors (Lipinski definition) is 6. The van der Waals surface area contributed by atoms with Crippen molar-refractivity contribution in [3.8, 4) is 0 Å². The van der Waals surface area contributed by atoms with Gasteiger partial charge in [-0.25, -0.2) is 4.98 Å². The molecular weight excluding hydrogens is 194 g/mol. The lowest BCUT2D eigenvalue weighted by molar-refractivity contribution is -0.0170. The van der Waals surface area contributed by atoms with E-state index in [0.717, 1.165) is 11.3 Å². The van der Waals surface area contributed by atoms with Crippen molar-refractivity contribution in [3.05, 3.63) is 16.1 Å². The van der Waals surface area contributed by atoms with E-state index in [2.05, 4.69) is 4.98 Å². The standard InChI is InChI=1S/C7H9NO4S/c9-1-5(11)7(12)4-3-13-6(2-10)8-4/h2-3,5,7,9,11-12H,1H2. The molecule has 0 aliphatic rings. The summed E-state index contributed by atoms with van der Waals surface area (Å²) in [5.41, 5.74) is 0.202. The Morgan fingerprint density at radius 3 is 2.77 bits per heavy atom. The van der Waals surface area contributed by atoms with Gasteiger partial charge in [-0.05, 0) is 0 Å². The fraction of sp³-hybridized carbons (Fsp3) is 0.429. The highest BCUT2D eigenvalue weighted by Gasteiger charge is 2.19. The van der Waals surface area contributed by atoms with Crippen molar-refractivity contribution >= 4 is 17.6 Å². The molecule has 1 rings (SSSR count). The number of rotatable bonds is 4. The summed E-state index contributed by atoms with van der Waals surface area (Å²) in [6.07, 6.45) is -1.94. The van der Waals surface area contributed by atoms with Crippen molar-refractivity contribution in [2.45, 2.75) is 12.2 Å². The van der Waals surface area contributed by atoms with E-state index in [1.807, 2.05) is 0 Å². The third-order valence-corrected chi connectivity index (χ3v) is 2.28. The predicted molar refractivity (Wildman–Crippen MR) is 45.6 cm³/mol. The maximum absolute atomic E-state index is 10.2. The number of thiazole rings is 1. The van der Waals surface area contributed by atoms with Crippen LogP contribution in [0.15, 0.2) is 5.38 Å². The molecule has 5 nitrogen and oxygen atoms in total. The Labute approximate surface area is 78.3 Å². The molecule has 0 aliphatic carbocycles. The first-order valence-corrected chi connectivity index (χ1v) is 4.44. The molecule has 0 aromatic carbocycles. The average Bonchev–Trinajstić information content (AvgIpc) is 2.63. The lowest BCUT2D eigenvalue weighted by Gasteiger charge is -2.12. The quantitative estimate of drug-likeness (QED) is 0.565. The number of carbonyl (C=O) groups is 1. The van der Waals surface area contributed by atoms with E-state index in [0.29, 0.717) is 6.29 Å². The molecule has 0 saturated carbocycles. The summed E-state index contributed by atoms with van der Waals surface area (Å²) in [5.74, 6) is 0. The molecule has 2 unspecified atom stereocenters. The van der Waals surface area contributed by atoms with Gasteiger partial charge in [-0.3, -0.25) is 4.79 Å². The maximum atomic E-state index is 10.2. The van der Waals surface area contributed by atoms with Gasteiger partial charge < -0.3 is 15.3 Å². The van der Waals surface area contributed by atoms with E-state index < -0.39 is 18.8 Å². The molecule has 0 aliphatic heterocycles. The van der Waals surface area contributed by atoms with Gasteiger partial charge in [0.05, 0.1) is 12.3 Å². The first kappa shape index (κ1) is 10.3. The molecule has 0 spiro atoms. The Kier molecular flexibility index (Phi) is 3.49. The second-order valence-electron chi connectivity index (χ2n) is 2.42. The van der Waals surface area contributed by atoms with Crippen LogP contribution in [0.3, 0.4) is 0 Å². The summed E-state index contributed by atoms with van der Waals surface area (Å²) < 4.78 is 0. The molecule has 0 fully saturated rings. The fourth-order valence-corrected chi connectivity index (χ4v) is 1.43. The van der Waals surface area contributed by atoms with Crippen LogP contribution in [-0.4, -0.2) is 39.3 Å². The normalized spacial score (nSPS) is 15.3. The number of aromatic nitrogens is 1. The maximum Gasteiger partial charge on any atom is 0.178 e. The van der Waals surface area contributed by atoms with Crippen LogP contribution in [0.4, 0.5) is 0 Å². The lowest BCUT2D eigenvalue weighted by atomic mass is 10.2. The van der Waals surface area contributed by atoms with Crippen LogP contribution >= 0.6 is 11.3 Å². The highest BCUT2D eigenvalue weighted by Crippen LogP contribution is 2.18. The third-order valence-electron chi connectivity index (χ3n) is 1.50. The zero-order valence-corrected chi connectivity index (χ0v) is 7.44. The molecule has 3 N–H and O–H groups in total. The third kappa shape index (κ3) is 2.31. The van der Waals surface area contributed by atoms with E-state index in [1.54, 1.807) is 0 Å². The minimum absolute atomic E-state index is 0.202. The van der Waals surface area contributed by atoms with Gasteiger partial charge in [0.2, 0.25) is 0 Å². The molecule has 0 bridgehead atoms. The summed E-state index contributed by atoms with van der Waals surface area (Å²) in [6, 6.07) is 0. The monoisotopic (exact) mass is 203 g/mol. The van der Waals surface area contributed by atoms with Crippen molar-refractivity contribution in [1.29, 1.82) is 0 Å². The van der Waals surface area contributed by atoms with Gasteiger partial charge in [0.25, 0.3) is 0 Å². The number of aldehydes is 1. The smallest absolute Gasteiger partial charge is 0.178 e. The molecule has 13 heavy (non-hydrogen) atoms. The summed E-state index contributed by atoms with van der Waals surface area (Å²) in [7, 11) is 0. The number of aliphatic hydroxyl groups excluding tert-OH is 3. The van der Waals surface area contributed by atoms with Crippen LogP contribution in [0, 0.1) is 0 Å². The van der Waals surface area contributed by atoms with Gasteiger partial charge in [-0.2, -0.15) is 0 Å². The molecule has 1 aromatic rings.